The molecule has 0 radical (unpaired) electrons. The highest BCUT2D eigenvalue weighted by Gasteiger charge is 2.12. The number of anilines is 1. The number of nitrogens with one attached hydrogen (secondary N) is 1. The minimum Gasteiger partial charge on any atom is -0.399 e. The molecule has 0 amide bonds. The minimum absolute atomic E-state index is 0.191. The molecule has 1 aromatic carbocycles. The highest BCUT2D eigenvalue weighted by Crippen LogP contribution is 2.10. The zero-order chi connectivity index (χ0) is 13.6. The van der Waals surface area contributed by atoms with Gasteiger partial charge in [-0.25, -0.2) is 13.1 Å². The number of benzene rings is 1. The van der Waals surface area contributed by atoms with Crippen LogP contribution in [-0.4, -0.2) is 28.2 Å². The fraction of sp³-hybridized carbons (Fsp3) is 0.333. The number of sulfonamides is 1. The molecular formula is C12H18N2O3S. The van der Waals surface area contributed by atoms with E-state index in [2.05, 4.69) is 11.3 Å². The van der Waals surface area contributed by atoms with Crippen LogP contribution in [0.1, 0.15) is 6.92 Å². The van der Waals surface area contributed by atoms with E-state index in [-0.39, 0.29) is 11.4 Å². The molecule has 100 valence electrons. The molecule has 0 heterocycles. The maximum absolute atomic E-state index is 11.8. The number of nitrogens with two attached hydrogens (primary N) is 1. The third-order valence-electron chi connectivity index (χ3n) is 2.08. The minimum atomic E-state index is -3.49. The second-order valence-corrected chi connectivity index (χ2v) is 5.74. The van der Waals surface area contributed by atoms with Gasteiger partial charge in [0.15, 0.2) is 0 Å². The van der Waals surface area contributed by atoms with E-state index >= 15 is 0 Å². The Kier molecular flexibility index (Phi) is 5.33. The second-order valence-electron chi connectivity index (χ2n) is 3.98. The van der Waals surface area contributed by atoms with E-state index in [9.17, 15) is 8.42 Å². The Hall–Kier alpha value is -1.37. The van der Waals surface area contributed by atoms with Crippen molar-refractivity contribution in [3.05, 3.63) is 36.4 Å². The lowest BCUT2D eigenvalue weighted by Crippen LogP contribution is -2.27. The van der Waals surface area contributed by atoms with Crippen LogP contribution >= 0.6 is 0 Å². The first kappa shape index (κ1) is 14.7. The number of rotatable bonds is 7. The normalized spacial score (nSPS) is 11.4. The van der Waals surface area contributed by atoms with Crippen LogP contribution in [0.3, 0.4) is 0 Å². The van der Waals surface area contributed by atoms with Crippen LogP contribution in [0, 0.1) is 0 Å². The molecule has 1 rings (SSSR count). The molecule has 0 aliphatic carbocycles. The first-order valence-electron chi connectivity index (χ1n) is 5.49. The van der Waals surface area contributed by atoms with Crippen LogP contribution in [0.25, 0.3) is 0 Å². The number of ether oxygens (including phenoxy) is 1. The monoisotopic (exact) mass is 270 g/mol. The molecule has 0 saturated heterocycles. The third kappa shape index (κ3) is 4.87. The van der Waals surface area contributed by atoms with Crippen LogP contribution in [0.4, 0.5) is 5.69 Å². The van der Waals surface area contributed by atoms with Gasteiger partial charge in [-0.15, -0.1) is 0 Å². The molecule has 3 N–H and O–H groups in total. The first-order valence-corrected chi connectivity index (χ1v) is 6.97. The van der Waals surface area contributed by atoms with Crippen LogP contribution < -0.4 is 10.5 Å². The van der Waals surface area contributed by atoms with Crippen LogP contribution in [0.5, 0.6) is 0 Å². The largest absolute Gasteiger partial charge is 0.399 e. The van der Waals surface area contributed by atoms with Gasteiger partial charge in [-0.2, -0.15) is 0 Å². The van der Waals surface area contributed by atoms with Crippen molar-refractivity contribution in [1.82, 2.24) is 4.72 Å². The Morgan fingerprint density at radius 2 is 2.00 bits per heavy atom. The van der Waals surface area contributed by atoms with Crippen molar-refractivity contribution in [3.63, 3.8) is 0 Å². The molecule has 0 spiro atoms. The van der Waals surface area contributed by atoms with Gasteiger partial charge in [-0.1, -0.05) is 12.2 Å². The fourth-order valence-corrected chi connectivity index (χ4v) is 2.24. The summed E-state index contributed by atoms with van der Waals surface area (Å²) in [6, 6.07) is 6.02. The van der Waals surface area contributed by atoms with Crippen molar-refractivity contribution in [2.75, 3.05) is 25.5 Å². The average Bonchev–Trinajstić information content (AvgIpc) is 2.28. The topological polar surface area (TPSA) is 81.4 Å². The van der Waals surface area contributed by atoms with Crippen molar-refractivity contribution in [2.24, 2.45) is 0 Å². The van der Waals surface area contributed by atoms with E-state index in [4.69, 9.17) is 10.5 Å². The van der Waals surface area contributed by atoms with Crippen LogP contribution in [0.15, 0.2) is 41.3 Å². The highest BCUT2D eigenvalue weighted by molar-refractivity contribution is 7.89. The molecule has 5 nitrogen and oxygen atoms in total. The van der Waals surface area contributed by atoms with Gasteiger partial charge in [0.05, 0.1) is 18.1 Å². The van der Waals surface area contributed by atoms with Crippen LogP contribution in [0.2, 0.25) is 0 Å². The Morgan fingerprint density at radius 3 is 2.56 bits per heavy atom. The molecule has 1 aromatic rings. The SMILES string of the molecule is C=C(C)COCCNS(=O)(=O)c1ccc(N)cc1. The molecule has 0 bridgehead atoms. The first-order chi connectivity index (χ1) is 8.42. The van der Waals surface area contributed by atoms with E-state index in [1.807, 2.05) is 6.92 Å². The predicted molar refractivity (Wildman–Crippen MR) is 71.7 cm³/mol. The Bertz CT molecular complexity index is 495. The van der Waals surface area contributed by atoms with Crippen molar-refractivity contribution in [3.8, 4) is 0 Å². The summed E-state index contributed by atoms with van der Waals surface area (Å²) in [6.45, 7) is 6.49. The molecule has 0 aliphatic rings. The Morgan fingerprint density at radius 1 is 1.39 bits per heavy atom. The van der Waals surface area contributed by atoms with Gasteiger partial charge in [0.25, 0.3) is 0 Å². The lowest BCUT2D eigenvalue weighted by atomic mass is 10.3. The Balaban J connectivity index is 2.45. The molecule has 18 heavy (non-hydrogen) atoms. The van der Waals surface area contributed by atoms with E-state index < -0.39 is 10.0 Å². The molecule has 0 fully saturated rings. The maximum Gasteiger partial charge on any atom is 0.240 e. The van der Waals surface area contributed by atoms with Gasteiger partial charge in [0.1, 0.15) is 0 Å². The quantitative estimate of drug-likeness (QED) is 0.442. The van der Waals surface area contributed by atoms with Gasteiger partial charge in [-0.05, 0) is 31.2 Å². The summed E-state index contributed by atoms with van der Waals surface area (Å²) in [5.41, 5.74) is 6.92. The number of hydrogen-bond acceptors (Lipinski definition) is 4. The molecule has 0 atom stereocenters. The number of nitrogen functional groups attached to an aromatic ring is 1. The maximum atomic E-state index is 11.8. The fourth-order valence-electron chi connectivity index (χ4n) is 1.22. The zero-order valence-corrected chi connectivity index (χ0v) is 11.2. The van der Waals surface area contributed by atoms with Crippen molar-refractivity contribution in [1.29, 1.82) is 0 Å². The molecule has 0 aromatic heterocycles. The lowest BCUT2D eigenvalue weighted by Gasteiger charge is -2.07. The number of hydrogen-bond donors (Lipinski definition) is 2. The predicted octanol–water partition coefficient (Wildman–Crippen LogP) is 1.14. The smallest absolute Gasteiger partial charge is 0.240 e. The van der Waals surface area contributed by atoms with Gasteiger partial charge < -0.3 is 10.5 Å². The average molecular weight is 270 g/mol. The Labute approximate surface area is 108 Å². The summed E-state index contributed by atoms with van der Waals surface area (Å²) in [6.07, 6.45) is 0. The summed E-state index contributed by atoms with van der Waals surface area (Å²) in [7, 11) is -3.49. The second kappa shape index (κ2) is 6.53. The lowest BCUT2D eigenvalue weighted by molar-refractivity contribution is 0.162. The van der Waals surface area contributed by atoms with Crippen molar-refractivity contribution < 1.29 is 13.2 Å². The van der Waals surface area contributed by atoms with Crippen LogP contribution in [-0.2, 0) is 14.8 Å². The molecule has 6 heteroatoms. The third-order valence-corrected chi connectivity index (χ3v) is 3.55. The van der Waals surface area contributed by atoms with E-state index in [0.717, 1.165) is 5.57 Å². The highest BCUT2D eigenvalue weighted by atomic mass is 32.2. The molecule has 0 saturated carbocycles. The summed E-state index contributed by atoms with van der Waals surface area (Å²) in [5.74, 6) is 0. The summed E-state index contributed by atoms with van der Waals surface area (Å²) >= 11 is 0. The molecule has 0 aliphatic heterocycles. The standard InChI is InChI=1S/C12H18N2O3S/c1-10(2)9-17-8-7-14-18(15,16)12-5-3-11(13)4-6-12/h3-6,14H,1,7-9,13H2,2H3. The summed E-state index contributed by atoms with van der Waals surface area (Å²) in [4.78, 5) is 0.191. The van der Waals surface area contributed by atoms with E-state index in [1.54, 1.807) is 12.1 Å². The molecular weight excluding hydrogens is 252 g/mol. The van der Waals surface area contributed by atoms with Crippen molar-refractivity contribution in [2.45, 2.75) is 11.8 Å². The van der Waals surface area contributed by atoms with Gasteiger partial charge in [0.2, 0.25) is 10.0 Å². The van der Waals surface area contributed by atoms with Gasteiger partial charge in [0, 0.05) is 12.2 Å². The van der Waals surface area contributed by atoms with Gasteiger partial charge in [-0.3, -0.25) is 0 Å². The van der Waals surface area contributed by atoms with E-state index in [0.29, 0.717) is 18.9 Å². The van der Waals surface area contributed by atoms with Gasteiger partial charge >= 0.3 is 0 Å². The summed E-state index contributed by atoms with van der Waals surface area (Å²) in [5, 5.41) is 0. The summed E-state index contributed by atoms with van der Waals surface area (Å²) < 4.78 is 31.3. The molecule has 0 unspecified atom stereocenters. The van der Waals surface area contributed by atoms with Crippen molar-refractivity contribution >= 4 is 15.7 Å². The zero-order valence-electron chi connectivity index (χ0n) is 10.3. The van der Waals surface area contributed by atoms with E-state index in [1.165, 1.54) is 12.1 Å².